The highest BCUT2D eigenvalue weighted by Crippen LogP contribution is 2.37. The van der Waals surface area contributed by atoms with Gasteiger partial charge in [-0.05, 0) is 41.5 Å². The SMILES string of the molecule is CS(=O)(=O)c1ccc(SCC(F)(F)F)c(C(=O)N2Cc3cc(Cl)c(N4CCOCC4)cc3C2)c1. The van der Waals surface area contributed by atoms with Crippen molar-refractivity contribution < 1.29 is 31.1 Å². The Morgan fingerprint density at radius 1 is 1.12 bits per heavy atom. The van der Waals surface area contributed by atoms with Gasteiger partial charge in [0.2, 0.25) is 0 Å². The van der Waals surface area contributed by atoms with Crippen LogP contribution in [0.2, 0.25) is 5.02 Å². The number of benzene rings is 2. The molecule has 0 radical (unpaired) electrons. The van der Waals surface area contributed by atoms with Gasteiger partial charge in [-0.1, -0.05) is 11.6 Å². The maximum atomic E-state index is 13.4. The molecule has 2 aliphatic rings. The average molecular weight is 535 g/mol. The Balaban J connectivity index is 1.62. The van der Waals surface area contributed by atoms with Crippen LogP contribution in [-0.2, 0) is 27.7 Å². The van der Waals surface area contributed by atoms with Gasteiger partial charge in [0.25, 0.3) is 5.91 Å². The molecule has 4 rings (SSSR count). The highest BCUT2D eigenvalue weighted by atomic mass is 35.5. The minimum Gasteiger partial charge on any atom is -0.378 e. The minimum atomic E-state index is -4.43. The van der Waals surface area contributed by atoms with Crippen LogP contribution in [0, 0.1) is 0 Å². The van der Waals surface area contributed by atoms with E-state index in [4.69, 9.17) is 16.3 Å². The summed E-state index contributed by atoms with van der Waals surface area (Å²) in [4.78, 5) is 16.9. The first-order valence-electron chi connectivity index (χ1n) is 10.4. The Bertz CT molecular complexity index is 1220. The maximum Gasteiger partial charge on any atom is 0.398 e. The van der Waals surface area contributed by atoms with Crippen LogP contribution in [0.15, 0.2) is 40.1 Å². The molecule has 0 unspecified atom stereocenters. The van der Waals surface area contributed by atoms with Gasteiger partial charge in [-0.15, -0.1) is 11.8 Å². The van der Waals surface area contributed by atoms with Crippen molar-refractivity contribution in [2.75, 3.05) is 43.2 Å². The van der Waals surface area contributed by atoms with Gasteiger partial charge in [0.1, 0.15) is 0 Å². The summed E-state index contributed by atoms with van der Waals surface area (Å²) in [6, 6.07) is 7.38. The van der Waals surface area contributed by atoms with Crippen LogP contribution in [0.3, 0.4) is 0 Å². The largest absolute Gasteiger partial charge is 0.398 e. The summed E-state index contributed by atoms with van der Waals surface area (Å²) in [5.41, 5.74) is 2.52. The van der Waals surface area contributed by atoms with Crippen LogP contribution in [0.4, 0.5) is 18.9 Å². The molecule has 34 heavy (non-hydrogen) atoms. The molecule has 0 aliphatic carbocycles. The zero-order valence-electron chi connectivity index (χ0n) is 18.2. The number of rotatable bonds is 5. The van der Waals surface area contributed by atoms with E-state index >= 15 is 0 Å². The third kappa shape index (κ3) is 5.64. The number of carbonyl (C=O) groups is 1. The first-order valence-corrected chi connectivity index (χ1v) is 13.6. The van der Waals surface area contributed by atoms with E-state index in [0.29, 0.717) is 43.1 Å². The lowest BCUT2D eigenvalue weighted by molar-refractivity contribution is -0.105. The molecule has 0 bridgehead atoms. The summed E-state index contributed by atoms with van der Waals surface area (Å²) in [5.74, 6) is -1.72. The molecule has 0 spiro atoms. The highest BCUT2D eigenvalue weighted by Gasteiger charge is 2.31. The second-order valence-corrected chi connectivity index (χ2v) is 11.6. The summed E-state index contributed by atoms with van der Waals surface area (Å²) < 4.78 is 67.9. The average Bonchev–Trinajstić information content (AvgIpc) is 3.18. The van der Waals surface area contributed by atoms with Gasteiger partial charge < -0.3 is 14.5 Å². The van der Waals surface area contributed by atoms with Gasteiger partial charge in [-0.25, -0.2) is 8.42 Å². The monoisotopic (exact) mass is 534 g/mol. The Kier molecular flexibility index (Phi) is 7.10. The topological polar surface area (TPSA) is 66.9 Å². The quantitative estimate of drug-likeness (QED) is 0.530. The van der Waals surface area contributed by atoms with E-state index in [-0.39, 0.29) is 28.4 Å². The fraction of sp³-hybridized carbons (Fsp3) is 0.409. The number of carbonyl (C=O) groups excluding carboxylic acids is 1. The third-order valence-electron chi connectivity index (χ3n) is 5.63. The molecule has 1 fully saturated rings. The lowest BCUT2D eigenvalue weighted by Crippen LogP contribution is -2.36. The molecule has 2 aliphatic heterocycles. The molecule has 6 nitrogen and oxygen atoms in total. The van der Waals surface area contributed by atoms with Crippen molar-refractivity contribution in [2.45, 2.75) is 29.1 Å². The first kappa shape index (κ1) is 25.2. The lowest BCUT2D eigenvalue weighted by Gasteiger charge is -2.30. The van der Waals surface area contributed by atoms with E-state index in [1.54, 1.807) is 6.07 Å². The number of sulfone groups is 1. The smallest absolute Gasteiger partial charge is 0.378 e. The molecular weight excluding hydrogens is 513 g/mol. The van der Waals surface area contributed by atoms with E-state index < -0.39 is 27.7 Å². The van der Waals surface area contributed by atoms with E-state index in [0.717, 1.165) is 29.1 Å². The third-order valence-corrected chi connectivity index (χ3v) is 8.18. The summed E-state index contributed by atoms with van der Waals surface area (Å²) in [6.45, 7) is 3.04. The van der Waals surface area contributed by atoms with Crippen LogP contribution in [0.25, 0.3) is 0 Å². The maximum absolute atomic E-state index is 13.4. The van der Waals surface area contributed by atoms with E-state index in [1.807, 2.05) is 6.07 Å². The predicted molar refractivity (Wildman–Crippen MR) is 124 cm³/mol. The number of nitrogens with zero attached hydrogens (tertiary/aromatic N) is 2. The van der Waals surface area contributed by atoms with Crippen LogP contribution in [0.5, 0.6) is 0 Å². The molecule has 0 N–H and O–H groups in total. The standard InChI is InChI=1S/C22H22ClF3N2O4S2/c1-34(30,31)16-2-3-20(33-13-22(24,25)26)17(10-16)21(29)28-11-14-8-18(23)19(9-15(14)12-28)27-4-6-32-7-5-27/h2-3,8-10H,4-7,11-13H2,1H3. The van der Waals surface area contributed by atoms with Crippen molar-refractivity contribution >= 4 is 44.8 Å². The van der Waals surface area contributed by atoms with Gasteiger partial charge in [0.15, 0.2) is 9.84 Å². The Morgan fingerprint density at radius 2 is 1.76 bits per heavy atom. The number of hydrogen-bond acceptors (Lipinski definition) is 6. The molecule has 2 heterocycles. The van der Waals surface area contributed by atoms with Crippen molar-refractivity contribution in [3.05, 3.63) is 52.0 Å². The molecule has 2 aromatic carbocycles. The molecule has 2 aromatic rings. The fourth-order valence-corrected chi connectivity index (χ4v) is 5.70. The number of fused-ring (bicyclic) bond motifs is 1. The van der Waals surface area contributed by atoms with Gasteiger partial charge in [0.05, 0.1) is 40.1 Å². The van der Waals surface area contributed by atoms with Crippen molar-refractivity contribution in [1.29, 1.82) is 0 Å². The number of ether oxygens (including phenoxy) is 1. The summed E-state index contributed by atoms with van der Waals surface area (Å²) in [7, 11) is -3.66. The van der Waals surface area contributed by atoms with E-state index in [9.17, 15) is 26.4 Å². The minimum absolute atomic E-state index is 0.0653. The Morgan fingerprint density at radius 3 is 2.38 bits per heavy atom. The van der Waals surface area contributed by atoms with Gasteiger partial charge in [0, 0.05) is 37.3 Å². The van der Waals surface area contributed by atoms with Crippen LogP contribution < -0.4 is 4.90 Å². The van der Waals surface area contributed by atoms with Crippen LogP contribution in [0.1, 0.15) is 21.5 Å². The van der Waals surface area contributed by atoms with Crippen LogP contribution in [-0.4, -0.2) is 63.7 Å². The summed E-state index contributed by atoms with van der Waals surface area (Å²) in [6.07, 6.45) is -3.45. The molecule has 0 aromatic heterocycles. The second-order valence-electron chi connectivity index (χ2n) is 8.17. The number of thioether (sulfide) groups is 1. The van der Waals surface area contributed by atoms with Crippen molar-refractivity contribution in [2.24, 2.45) is 0 Å². The van der Waals surface area contributed by atoms with Crippen molar-refractivity contribution in [3.63, 3.8) is 0 Å². The fourth-order valence-electron chi connectivity index (χ4n) is 3.96. The summed E-state index contributed by atoms with van der Waals surface area (Å²) in [5, 5.41) is 0.551. The lowest BCUT2D eigenvalue weighted by atomic mass is 10.1. The second kappa shape index (κ2) is 9.60. The molecule has 1 amide bonds. The van der Waals surface area contributed by atoms with Crippen LogP contribution >= 0.6 is 23.4 Å². The molecule has 12 heteroatoms. The first-order chi connectivity index (χ1) is 15.9. The number of morpholine rings is 1. The normalized spacial score (nSPS) is 16.6. The van der Waals surface area contributed by atoms with Crippen molar-refractivity contribution in [1.82, 2.24) is 4.90 Å². The number of amides is 1. The Labute approximate surface area is 204 Å². The Hall–Kier alpha value is -1.95. The predicted octanol–water partition coefficient (Wildman–Crippen LogP) is 4.39. The number of alkyl halides is 3. The molecule has 184 valence electrons. The number of halogens is 4. The highest BCUT2D eigenvalue weighted by molar-refractivity contribution is 7.99. The molecule has 0 saturated carbocycles. The molecular formula is C22H22ClF3N2O4S2. The van der Waals surface area contributed by atoms with Gasteiger partial charge >= 0.3 is 6.18 Å². The van der Waals surface area contributed by atoms with E-state index in [2.05, 4.69) is 4.90 Å². The van der Waals surface area contributed by atoms with E-state index in [1.165, 1.54) is 17.0 Å². The molecule has 1 saturated heterocycles. The number of hydrogen-bond donors (Lipinski definition) is 0. The zero-order chi connectivity index (χ0) is 24.7. The summed E-state index contributed by atoms with van der Waals surface area (Å²) >= 11 is 6.96. The molecule has 0 atom stereocenters. The van der Waals surface area contributed by atoms with Gasteiger partial charge in [-0.2, -0.15) is 13.2 Å². The zero-order valence-corrected chi connectivity index (χ0v) is 20.6. The number of anilines is 1. The van der Waals surface area contributed by atoms with Crippen molar-refractivity contribution in [3.8, 4) is 0 Å². The van der Waals surface area contributed by atoms with Gasteiger partial charge in [-0.3, -0.25) is 4.79 Å².